The Morgan fingerprint density at radius 3 is 2.39 bits per heavy atom. The zero-order chi connectivity index (χ0) is 25.9. The van der Waals surface area contributed by atoms with Crippen LogP contribution in [0.1, 0.15) is 12.5 Å². The van der Waals surface area contributed by atoms with Gasteiger partial charge >= 0.3 is 0 Å². The van der Waals surface area contributed by atoms with Gasteiger partial charge in [-0.15, -0.1) is 0 Å². The van der Waals surface area contributed by atoms with Crippen LogP contribution in [0.5, 0.6) is 0 Å². The van der Waals surface area contributed by atoms with Gasteiger partial charge in [-0.1, -0.05) is 6.07 Å². The van der Waals surface area contributed by atoms with Crippen LogP contribution in [0.25, 0.3) is 11.1 Å². The normalized spacial score (nSPS) is 17.8. The highest BCUT2D eigenvalue weighted by Crippen LogP contribution is 2.38. The van der Waals surface area contributed by atoms with Gasteiger partial charge in [0, 0.05) is 42.6 Å². The Labute approximate surface area is 205 Å². The highest BCUT2D eigenvalue weighted by molar-refractivity contribution is 7.89. The number of aromatic nitrogens is 1. The first kappa shape index (κ1) is 24.1. The Morgan fingerprint density at radius 2 is 1.75 bits per heavy atom. The number of hydrogen-bond acceptors (Lipinski definition) is 6. The van der Waals surface area contributed by atoms with Crippen LogP contribution in [0.3, 0.4) is 0 Å². The summed E-state index contributed by atoms with van der Waals surface area (Å²) in [7, 11) is -4.31. The van der Waals surface area contributed by atoms with Gasteiger partial charge in [-0.2, -0.15) is 0 Å². The van der Waals surface area contributed by atoms with Crippen LogP contribution >= 0.6 is 0 Å². The Kier molecular flexibility index (Phi) is 5.67. The number of hydrogen-bond donors (Lipinski definition) is 2. The van der Waals surface area contributed by atoms with Crippen LogP contribution < -0.4 is 20.7 Å². The summed E-state index contributed by atoms with van der Waals surface area (Å²) in [6.45, 7) is 2.25. The number of sulfonamides is 1. The van der Waals surface area contributed by atoms with Crippen molar-refractivity contribution in [3.05, 3.63) is 65.6 Å². The van der Waals surface area contributed by atoms with Gasteiger partial charge in [-0.25, -0.2) is 31.7 Å². The lowest BCUT2D eigenvalue weighted by atomic mass is 9.96. The Hall–Kier alpha value is -3.64. The quantitative estimate of drug-likeness (QED) is 0.549. The third kappa shape index (κ3) is 4.05. The molecule has 1 fully saturated rings. The number of nitrogens with zero attached hydrogens (tertiary/aromatic N) is 3. The van der Waals surface area contributed by atoms with Crippen molar-refractivity contribution in [2.75, 3.05) is 28.6 Å². The summed E-state index contributed by atoms with van der Waals surface area (Å²) < 4.78 is 66.8. The summed E-state index contributed by atoms with van der Waals surface area (Å²) in [4.78, 5) is 19.6. The lowest BCUT2D eigenvalue weighted by Crippen LogP contribution is -2.56. The van der Waals surface area contributed by atoms with Gasteiger partial charge in [-0.05, 0) is 48.7 Å². The highest BCUT2D eigenvalue weighted by atomic mass is 32.2. The van der Waals surface area contributed by atoms with E-state index in [2.05, 4.69) is 4.98 Å². The number of carbonyl (C=O) groups excluding carboxylic acids is 1. The summed E-state index contributed by atoms with van der Waals surface area (Å²) in [5.41, 5.74) is 6.97. The van der Waals surface area contributed by atoms with Gasteiger partial charge < -0.3 is 15.5 Å². The van der Waals surface area contributed by atoms with Crippen molar-refractivity contribution in [3.63, 3.8) is 0 Å². The molecule has 188 valence electrons. The topological polar surface area (TPSA) is 123 Å². The number of fused-ring (bicyclic) bond motifs is 1. The van der Waals surface area contributed by atoms with E-state index in [1.54, 1.807) is 17.9 Å². The molecule has 5 rings (SSSR count). The first-order valence-electron chi connectivity index (χ1n) is 11.1. The first-order chi connectivity index (χ1) is 16.9. The highest BCUT2D eigenvalue weighted by Gasteiger charge is 2.41. The fourth-order valence-corrected chi connectivity index (χ4v) is 5.40. The Balaban J connectivity index is 1.33. The van der Waals surface area contributed by atoms with Crippen molar-refractivity contribution in [1.29, 1.82) is 0 Å². The van der Waals surface area contributed by atoms with Crippen LogP contribution in [0.4, 0.5) is 30.4 Å². The Morgan fingerprint density at radius 1 is 1.03 bits per heavy atom. The number of pyridine rings is 1. The summed E-state index contributed by atoms with van der Waals surface area (Å²) >= 11 is 0. The SMILES string of the molecule is CC1Cc2cc(F)c(S(N)(=O)=O)cc2N1C(=O)C1CN(c2ccc(-c3cnc(N)cc3F)cc2F)C1. The van der Waals surface area contributed by atoms with E-state index in [1.165, 1.54) is 23.2 Å². The van der Waals surface area contributed by atoms with Gasteiger partial charge in [0.1, 0.15) is 28.2 Å². The molecule has 0 bridgehead atoms. The molecule has 1 aromatic heterocycles. The number of nitrogen functional groups attached to an aromatic ring is 1. The minimum absolute atomic E-state index is 0.0191. The number of carbonyl (C=O) groups is 1. The van der Waals surface area contributed by atoms with Crippen LogP contribution in [-0.2, 0) is 21.2 Å². The second-order valence-electron chi connectivity index (χ2n) is 9.07. The molecule has 12 heteroatoms. The van der Waals surface area contributed by atoms with Crippen molar-refractivity contribution >= 4 is 33.1 Å². The second-order valence-corrected chi connectivity index (χ2v) is 10.6. The van der Waals surface area contributed by atoms with E-state index in [4.69, 9.17) is 10.9 Å². The molecule has 1 atom stereocenters. The number of benzene rings is 2. The molecule has 2 aliphatic heterocycles. The molecular weight excluding hydrogens is 495 g/mol. The van der Waals surface area contributed by atoms with Gasteiger partial charge in [0.25, 0.3) is 0 Å². The maximum Gasteiger partial charge on any atom is 0.241 e. The summed E-state index contributed by atoms with van der Waals surface area (Å²) in [6.07, 6.45) is 1.60. The van der Waals surface area contributed by atoms with Crippen molar-refractivity contribution in [1.82, 2.24) is 4.98 Å². The van der Waals surface area contributed by atoms with Crippen molar-refractivity contribution in [3.8, 4) is 11.1 Å². The van der Waals surface area contributed by atoms with Crippen molar-refractivity contribution < 1.29 is 26.4 Å². The molecule has 3 heterocycles. The first-order valence-corrected chi connectivity index (χ1v) is 12.6. The average Bonchev–Trinajstić information content (AvgIpc) is 3.06. The van der Waals surface area contributed by atoms with Crippen LogP contribution in [0, 0.1) is 23.4 Å². The number of rotatable bonds is 4. The molecule has 36 heavy (non-hydrogen) atoms. The van der Waals surface area contributed by atoms with Gasteiger partial charge in [0.05, 0.1) is 11.6 Å². The molecule has 8 nitrogen and oxygen atoms in total. The maximum atomic E-state index is 14.9. The summed E-state index contributed by atoms with van der Waals surface area (Å²) in [5.74, 6) is -2.88. The minimum Gasteiger partial charge on any atom is -0.384 e. The standard InChI is InChI=1S/C24H22F3N5O3S/c1-12-4-14-6-19(27)22(36(29,34)35)8-21(14)32(12)24(33)15-10-31(11-15)20-3-2-13(5-18(20)26)16-9-30-23(28)7-17(16)25/h2-3,5-9,12,15H,4,10-11H2,1H3,(H2,28,30)(H2,29,34,35). The molecule has 0 saturated carbocycles. The molecule has 3 aromatic rings. The predicted molar refractivity (Wildman–Crippen MR) is 128 cm³/mol. The number of anilines is 3. The van der Waals surface area contributed by atoms with Crippen molar-refractivity contribution in [2.45, 2.75) is 24.3 Å². The molecule has 0 spiro atoms. The monoisotopic (exact) mass is 517 g/mol. The smallest absolute Gasteiger partial charge is 0.241 e. The molecule has 4 N–H and O–H groups in total. The molecule has 1 saturated heterocycles. The van der Waals surface area contributed by atoms with E-state index < -0.39 is 38.3 Å². The van der Waals surface area contributed by atoms with E-state index in [0.29, 0.717) is 23.2 Å². The number of primary sulfonamides is 1. The van der Waals surface area contributed by atoms with E-state index >= 15 is 0 Å². The number of nitrogens with two attached hydrogens (primary N) is 2. The minimum atomic E-state index is -4.31. The third-order valence-corrected chi connectivity index (χ3v) is 7.52. The van der Waals surface area contributed by atoms with Crippen LogP contribution in [0.15, 0.2) is 47.5 Å². The largest absolute Gasteiger partial charge is 0.384 e. The number of halogens is 3. The van der Waals surface area contributed by atoms with Gasteiger partial charge in [-0.3, -0.25) is 4.79 Å². The van der Waals surface area contributed by atoms with Crippen molar-refractivity contribution in [2.24, 2.45) is 11.1 Å². The van der Waals surface area contributed by atoms with Gasteiger partial charge in [0.2, 0.25) is 15.9 Å². The van der Waals surface area contributed by atoms with E-state index in [0.717, 1.165) is 18.2 Å². The van der Waals surface area contributed by atoms with Crippen LogP contribution in [-0.4, -0.2) is 38.4 Å². The molecule has 0 aliphatic carbocycles. The molecule has 2 aliphatic rings. The van der Waals surface area contributed by atoms with E-state index in [-0.39, 0.29) is 42.1 Å². The molecule has 0 radical (unpaired) electrons. The zero-order valence-electron chi connectivity index (χ0n) is 19.1. The van der Waals surface area contributed by atoms with Crippen LogP contribution in [0.2, 0.25) is 0 Å². The van der Waals surface area contributed by atoms with E-state index in [9.17, 15) is 26.4 Å². The molecule has 2 aromatic carbocycles. The molecular formula is C24H22F3N5O3S. The second kappa shape index (κ2) is 8.49. The molecule has 1 unspecified atom stereocenters. The summed E-state index contributed by atoms with van der Waals surface area (Å²) in [6, 6.07) is 7.22. The predicted octanol–water partition coefficient (Wildman–Crippen LogP) is 2.81. The molecule has 1 amide bonds. The summed E-state index contributed by atoms with van der Waals surface area (Å²) in [5, 5.41) is 5.12. The maximum absolute atomic E-state index is 14.9. The lowest BCUT2D eigenvalue weighted by molar-refractivity contribution is -0.123. The fourth-order valence-electron chi connectivity index (χ4n) is 4.79. The van der Waals surface area contributed by atoms with Gasteiger partial charge in [0.15, 0.2) is 0 Å². The Bertz CT molecular complexity index is 1510. The average molecular weight is 518 g/mol. The lowest BCUT2D eigenvalue weighted by Gasteiger charge is -2.42. The zero-order valence-corrected chi connectivity index (χ0v) is 19.9. The fraction of sp³-hybridized carbons (Fsp3) is 0.250. The third-order valence-electron chi connectivity index (χ3n) is 6.60. The van der Waals surface area contributed by atoms with E-state index in [1.807, 2.05) is 0 Å². The number of amides is 1.